The number of fused-ring (bicyclic) bond motifs is 1. The molecule has 1 aromatic carbocycles. The van der Waals surface area contributed by atoms with E-state index in [1.165, 1.54) is 0 Å². The van der Waals surface area contributed by atoms with E-state index in [1.54, 1.807) is 4.52 Å². The molecule has 0 aliphatic rings. The second-order valence-corrected chi connectivity index (χ2v) is 4.01. The molecule has 0 bridgehead atoms. The zero-order chi connectivity index (χ0) is 12.4. The van der Waals surface area contributed by atoms with Crippen LogP contribution in [0.3, 0.4) is 0 Å². The summed E-state index contributed by atoms with van der Waals surface area (Å²) in [4.78, 5) is 0. The van der Waals surface area contributed by atoms with Gasteiger partial charge in [-0.15, -0.1) is 10.2 Å². The Labute approximate surface area is 104 Å². The SMILES string of the molecule is NCCc1nnc2ccc(-c3ccccc3)nn12. The predicted molar refractivity (Wildman–Crippen MR) is 69.0 cm³/mol. The van der Waals surface area contributed by atoms with Crippen LogP contribution in [0.4, 0.5) is 0 Å². The normalized spacial score (nSPS) is 10.9. The molecule has 0 amide bonds. The van der Waals surface area contributed by atoms with E-state index in [0.29, 0.717) is 13.0 Å². The number of hydrogen-bond donors (Lipinski definition) is 1. The van der Waals surface area contributed by atoms with Crippen molar-refractivity contribution in [1.29, 1.82) is 0 Å². The molecule has 0 aliphatic carbocycles. The third kappa shape index (κ3) is 1.84. The average molecular weight is 239 g/mol. The van der Waals surface area contributed by atoms with Crippen LogP contribution < -0.4 is 5.73 Å². The first-order chi connectivity index (χ1) is 8.88. The van der Waals surface area contributed by atoms with Crippen molar-refractivity contribution in [2.24, 2.45) is 5.73 Å². The van der Waals surface area contributed by atoms with Gasteiger partial charge in [-0.25, -0.2) is 0 Å². The molecule has 0 unspecified atom stereocenters. The standard InChI is InChI=1S/C13H13N5/c14-9-8-13-16-15-12-7-6-11(17-18(12)13)10-4-2-1-3-5-10/h1-7H,8-9,14H2. The summed E-state index contributed by atoms with van der Waals surface area (Å²) in [5.41, 5.74) is 8.28. The van der Waals surface area contributed by atoms with E-state index in [4.69, 9.17) is 5.73 Å². The fourth-order valence-corrected chi connectivity index (χ4v) is 1.88. The molecular formula is C13H13N5. The number of benzene rings is 1. The number of aromatic nitrogens is 4. The van der Waals surface area contributed by atoms with Crippen LogP contribution in [0, 0.1) is 0 Å². The van der Waals surface area contributed by atoms with Gasteiger partial charge in [0.1, 0.15) is 0 Å². The van der Waals surface area contributed by atoms with E-state index < -0.39 is 0 Å². The minimum Gasteiger partial charge on any atom is -0.330 e. The third-order valence-electron chi connectivity index (χ3n) is 2.76. The van der Waals surface area contributed by atoms with Crippen molar-refractivity contribution in [3.05, 3.63) is 48.3 Å². The van der Waals surface area contributed by atoms with Gasteiger partial charge in [0.05, 0.1) is 5.69 Å². The summed E-state index contributed by atoms with van der Waals surface area (Å²) in [5.74, 6) is 0.797. The van der Waals surface area contributed by atoms with Crippen LogP contribution in [0.2, 0.25) is 0 Å². The monoisotopic (exact) mass is 239 g/mol. The van der Waals surface area contributed by atoms with Crippen molar-refractivity contribution >= 4 is 5.65 Å². The lowest BCUT2D eigenvalue weighted by atomic mass is 10.1. The number of hydrogen-bond acceptors (Lipinski definition) is 4. The van der Waals surface area contributed by atoms with Gasteiger partial charge < -0.3 is 5.73 Å². The molecule has 0 radical (unpaired) electrons. The Hall–Kier alpha value is -2.27. The minimum atomic E-state index is 0.540. The summed E-state index contributed by atoms with van der Waals surface area (Å²) in [5, 5.41) is 12.7. The van der Waals surface area contributed by atoms with Gasteiger partial charge in [-0.05, 0) is 18.7 Å². The molecule has 2 N–H and O–H groups in total. The highest BCUT2D eigenvalue weighted by atomic mass is 15.4. The van der Waals surface area contributed by atoms with Crippen molar-refractivity contribution in [3.63, 3.8) is 0 Å². The van der Waals surface area contributed by atoms with Crippen molar-refractivity contribution in [1.82, 2.24) is 19.8 Å². The van der Waals surface area contributed by atoms with Gasteiger partial charge in [-0.2, -0.15) is 9.61 Å². The Balaban J connectivity index is 2.12. The van der Waals surface area contributed by atoms with Crippen molar-refractivity contribution in [3.8, 4) is 11.3 Å². The molecule has 0 atom stereocenters. The Morgan fingerprint density at radius 2 is 1.83 bits per heavy atom. The predicted octanol–water partition coefficient (Wildman–Crippen LogP) is 1.29. The first kappa shape index (κ1) is 10.9. The quantitative estimate of drug-likeness (QED) is 0.747. The topological polar surface area (TPSA) is 69.1 Å². The van der Waals surface area contributed by atoms with Crippen molar-refractivity contribution < 1.29 is 0 Å². The average Bonchev–Trinajstić information content (AvgIpc) is 2.83. The van der Waals surface area contributed by atoms with Gasteiger partial charge >= 0.3 is 0 Å². The van der Waals surface area contributed by atoms with Crippen LogP contribution >= 0.6 is 0 Å². The number of nitrogens with two attached hydrogens (primary N) is 1. The highest BCUT2D eigenvalue weighted by Gasteiger charge is 2.07. The van der Waals surface area contributed by atoms with Crippen LogP contribution in [0.15, 0.2) is 42.5 Å². The number of rotatable bonds is 3. The maximum Gasteiger partial charge on any atom is 0.177 e. The van der Waals surface area contributed by atoms with E-state index in [9.17, 15) is 0 Å². The molecule has 5 nitrogen and oxygen atoms in total. The highest BCUT2D eigenvalue weighted by Crippen LogP contribution is 2.16. The van der Waals surface area contributed by atoms with Crippen LogP contribution in [0.1, 0.15) is 5.82 Å². The molecule has 3 aromatic rings. The van der Waals surface area contributed by atoms with E-state index >= 15 is 0 Å². The molecule has 18 heavy (non-hydrogen) atoms. The van der Waals surface area contributed by atoms with Gasteiger partial charge in [-0.1, -0.05) is 30.3 Å². The Bertz CT molecular complexity index is 659. The largest absolute Gasteiger partial charge is 0.330 e. The fraction of sp³-hybridized carbons (Fsp3) is 0.154. The zero-order valence-corrected chi connectivity index (χ0v) is 9.82. The van der Waals surface area contributed by atoms with Gasteiger partial charge in [0.25, 0.3) is 0 Å². The maximum absolute atomic E-state index is 5.55. The first-order valence-electron chi connectivity index (χ1n) is 5.85. The van der Waals surface area contributed by atoms with Gasteiger partial charge in [-0.3, -0.25) is 0 Å². The molecule has 90 valence electrons. The van der Waals surface area contributed by atoms with Crippen molar-refractivity contribution in [2.75, 3.05) is 6.54 Å². The fourth-order valence-electron chi connectivity index (χ4n) is 1.88. The zero-order valence-electron chi connectivity index (χ0n) is 9.82. The maximum atomic E-state index is 5.55. The van der Waals surface area contributed by atoms with Gasteiger partial charge in [0.15, 0.2) is 11.5 Å². The Kier molecular flexibility index (Phi) is 2.74. The Morgan fingerprint density at radius 1 is 1.00 bits per heavy atom. The summed E-state index contributed by atoms with van der Waals surface area (Å²) in [6.45, 7) is 0.540. The summed E-state index contributed by atoms with van der Waals surface area (Å²) < 4.78 is 1.76. The lowest BCUT2D eigenvalue weighted by molar-refractivity contribution is 0.793. The molecule has 0 spiro atoms. The molecule has 2 aromatic heterocycles. The Morgan fingerprint density at radius 3 is 2.61 bits per heavy atom. The molecule has 0 fully saturated rings. The van der Waals surface area contributed by atoms with Crippen LogP contribution in [0.25, 0.3) is 16.9 Å². The summed E-state index contributed by atoms with van der Waals surface area (Å²) in [6, 6.07) is 13.9. The molecule has 5 heteroatoms. The summed E-state index contributed by atoms with van der Waals surface area (Å²) >= 11 is 0. The third-order valence-corrected chi connectivity index (χ3v) is 2.76. The van der Waals surface area contributed by atoms with Crippen LogP contribution in [0.5, 0.6) is 0 Å². The highest BCUT2D eigenvalue weighted by molar-refractivity contribution is 5.59. The van der Waals surface area contributed by atoms with E-state index in [2.05, 4.69) is 15.3 Å². The molecule has 2 heterocycles. The molecule has 0 saturated heterocycles. The minimum absolute atomic E-state index is 0.540. The lowest BCUT2D eigenvalue weighted by Gasteiger charge is -2.02. The first-order valence-corrected chi connectivity index (χ1v) is 5.85. The molecular weight excluding hydrogens is 226 g/mol. The second-order valence-electron chi connectivity index (χ2n) is 4.01. The smallest absolute Gasteiger partial charge is 0.177 e. The van der Waals surface area contributed by atoms with Crippen molar-refractivity contribution in [2.45, 2.75) is 6.42 Å². The van der Waals surface area contributed by atoms with Crippen LogP contribution in [-0.2, 0) is 6.42 Å². The number of nitrogens with zero attached hydrogens (tertiary/aromatic N) is 4. The van der Waals surface area contributed by atoms with Gasteiger partial charge in [0.2, 0.25) is 0 Å². The van der Waals surface area contributed by atoms with E-state index in [-0.39, 0.29) is 0 Å². The van der Waals surface area contributed by atoms with E-state index in [1.807, 2.05) is 42.5 Å². The second kappa shape index (κ2) is 4.54. The van der Waals surface area contributed by atoms with E-state index in [0.717, 1.165) is 22.7 Å². The lowest BCUT2D eigenvalue weighted by Crippen LogP contribution is -2.08. The molecule has 0 aliphatic heterocycles. The molecule has 0 saturated carbocycles. The molecule has 3 rings (SSSR count). The van der Waals surface area contributed by atoms with Gasteiger partial charge in [0, 0.05) is 12.0 Å². The summed E-state index contributed by atoms with van der Waals surface area (Å²) in [7, 11) is 0. The summed E-state index contributed by atoms with van der Waals surface area (Å²) in [6.07, 6.45) is 0.673. The van der Waals surface area contributed by atoms with Crippen LogP contribution in [-0.4, -0.2) is 26.4 Å².